The molecule has 0 fully saturated rings. The molecule has 0 saturated carbocycles. The fourth-order valence-electron chi connectivity index (χ4n) is 2.57. The van der Waals surface area contributed by atoms with Crippen LogP contribution in [-0.4, -0.2) is 16.3 Å². The van der Waals surface area contributed by atoms with Gasteiger partial charge in [0.05, 0.1) is 0 Å². The molecular weight excluding hydrogens is 312 g/mol. The molecule has 0 amide bonds. The summed E-state index contributed by atoms with van der Waals surface area (Å²) >= 11 is 0. The third-order valence-corrected chi connectivity index (χ3v) is 3.68. The first-order chi connectivity index (χ1) is 11.4. The van der Waals surface area contributed by atoms with Crippen molar-refractivity contribution < 1.29 is 14.6 Å². The lowest BCUT2D eigenvalue weighted by molar-refractivity contribution is 0.101. The van der Waals surface area contributed by atoms with Gasteiger partial charge in [-0.3, -0.25) is 0 Å². The second-order valence-electron chi connectivity index (χ2n) is 8.55. The lowest BCUT2D eigenvalue weighted by atomic mass is 9.88. The molecule has 0 aliphatic heterocycles. The Hall–Kier alpha value is -2.00. The van der Waals surface area contributed by atoms with E-state index in [1.165, 1.54) is 0 Å². The molecule has 25 heavy (non-hydrogen) atoms. The molecule has 2 rings (SSSR count). The van der Waals surface area contributed by atoms with E-state index in [4.69, 9.17) is 9.47 Å². The third-order valence-electron chi connectivity index (χ3n) is 3.68. The van der Waals surface area contributed by atoms with Crippen LogP contribution in [0, 0.1) is 0 Å². The normalized spacial score (nSPS) is 12.8. The highest BCUT2D eigenvalue weighted by Gasteiger charge is 2.26. The summed E-state index contributed by atoms with van der Waals surface area (Å²) in [5.41, 5.74) is 0.0666. The molecule has 0 aliphatic carbocycles. The predicted octanol–water partition coefficient (Wildman–Crippen LogP) is 5.30. The SMILES string of the molecule is CC(C)(C)Oc1ccc(C(C)(O)c2ccc(OC(C)(C)C)cc2)cc1. The van der Waals surface area contributed by atoms with Crippen LogP contribution >= 0.6 is 0 Å². The predicted molar refractivity (Wildman–Crippen MR) is 102 cm³/mol. The molecule has 1 N–H and O–H groups in total. The first-order valence-electron chi connectivity index (χ1n) is 8.68. The zero-order valence-corrected chi connectivity index (χ0v) is 16.4. The summed E-state index contributed by atoms with van der Waals surface area (Å²) in [5.74, 6) is 1.59. The maximum absolute atomic E-state index is 11.0. The van der Waals surface area contributed by atoms with E-state index in [0.29, 0.717) is 0 Å². The Bertz CT molecular complexity index is 623. The van der Waals surface area contributed by atoms with Crippen molar-refractivity contribution in [2.24, 2.45) is 0 Å². The second-order valence-corrected chi connectivity index (χ2v) is 8.55. The Balaban J connectivity index is 2.20. The van der Waals surface area contributed by atoms with Crippen LogP contribution in [0.2, 0.25) is 0 Å². The highest BCUT2D eigenvalue weighted by molar-refractivity contribution is 5.40. The van der Waals surface area contributed by atoms with Crippen molar-refractivity contribution in [2.45, 2.75) is 65.3 Å². The van der Waals surface area contributed by atoms with E-state index >= 15 is 0 Å². The van der Waals surface area contributed by atoms with E-state index in [1.54, 1.807) is 6.92 Å². The lowest BCUT2D eigenvalue weighted by Crippen LogP contribution is -2.25. The molecule has 0 aliphatic rings. The van der Waals surface area contributed by atoms with Crippen molar-refractivity contribution >= 4 is 0 Å². The molecule has 3 heteroatoms. The van der Waals surface area contributed by atoms with E-state index in [-0.39, 0.29) is 11.2 Å². The largest absolute Gasteiger partial charge is 0.488 e. The number of rotatable bonds is 4. The second kappa shape index (κ2) is 6.72. The third kappa shape index (κ3) is 5.50. The van der Waals surface area contributed by atoms with Crippen molar-refractivity contribution in [3.05, 3.63) is 59.7 Å². The van der Waals surface area contributed by atoms with Gasteiger partial charge in [0.2, 0.25) is 0 Å². The Morgan fingerprint density at radius 1 is 0.560 bits per heavy atom. The van der Waals surface area contributed by atoms with Gasteiger partial charge in [-0.1, -0.05) is 24.3 Å². The molecule has 2 aromatic carbocycles. The summed E-state index contributed by atoms with van der Waals surface area (Å²) in [4.78, 5) is 0. The first kappa shape index (κ1) is 19.3. The zero-order chi connectivity index (χ0) is 18.9. The maximum Gasteiger partial charge on any atom is 0.120 e. The van der Waals surface area contributed by atoms with Gasteiger partial charge in [-0.15, -0.1) is 0 Å². The van der Waals surface area contributed by atoms with Gasteiger partial charge in [0.25, 0.3) is 0 Å². The standard InChI is InChI=1S/C22H30O3/c1-20(2,3)24-18-12-8-16(9-13-18)22(7,23)17-10-14-19(15-11-17)25-21(4,5)6/h8-15,23H,1-7H3. The Labute approximate surface area is 151 Å². The van der Waals surface area contributed by atoms with E-state index in [0.717, 1.165) is 22.6 Å². The fourth-order valence-corrected chi connectivity index (χ4v) is 2.57. The van der Waals surface area contributed by atoms with Crippen LogP contribution in [0.1, 0.15) is 59.6 Å². The van der Waals surface area contributed by atoms with Gasteiger partial charge < -0.3 is 14.6 Å². The molecule has 0 radical (unpaired) electrons. The quantitative estimate of drug-likeness (QED) is 0.820. The van der Waals surface area contributed by atoms with Crippen LogP contribution in [0.4, 0.5) is 0 Å². The number of benzene rings is 2. The molecule has 0 bridgehead atoms. The van der Waals surface area contributed by atoms with Gasteiger partial charge in [-0.05, 0) is 83.9 Å². The van der Waals surface area contributed by atoms with Crippen LogP contribution in [0.15, 0.2) is 48.5 Å². The number of hydrogen-bond donors (Lipinski definition) is 1. The maximum atomic E-state index is 11.0. The smallest absolute Gasteiger partial charge is 0.120 e. The van der Waals surface area contributed by atoms with Crippen molar-refractivity contribution in [1.82, 2.24) is 0 Å². The van der Waals surface area contributed by atoms with Gasteiger partial charge in [0.15, 0.2) is 0 Å². The van der Waals surface area contributed by atoms with Crippen LogP contribution < -0.4 is 9.47 Å². The molecule has 0 aromatic heterocycles. The topological polar surface area (TPSA) is 38.7 Å². The summed E-state index contributed by atoms with van der Waals surface area (Å²) in [6.07, 6.45) is 0. The zero-order valence-electron chi connectivity index (χ0n) is 16.4. The Morgan fingerprint density at radius 2 is 0.840 bits per heavy atom. The average molecular weight is 342 g/mol. The lowest BCUT2D eigenvalue weighted by Gasteiger charge is -2.27. The van der Waals surface area contributed by atoms with Crippen molar-refractivity contribution in [2.75, 3.05) is 0 Å². The molecule has 2 aromatic rings. The number of hydrogen-bond acceptors (Lipinski definition) is 3. The summed E-state index contributed by atoms with van der Waals surface area (Å²) in [6, 6.07) is 15.2. The fraction of sp³-hybridized carbons (Fsp3) is 0.455. The van der Waals surface area contributed by atoms with E-state index in [1.807, 2.05) is 90.1 Å². The van der Waals surface area contributed by atoms with Gasteiger partial charge in [-0.2, -0.15) is 0 Å². The monoisotopic (exact) mass is 342 g/mol. The van der Waals surface area contributed by atoms with Crippen molar-refractivity contribution in [3.8, 4) is 11.5 Å². The van der Waals surface area contributed by atoms with Gasteiger partial charge >= 0.3 is 0 Å². The van der Waals surface area contributed by atoms with Gasteiger partial charge in [-0.25, -0.2) is 0 Å². The van der Waals surface area contributed by atoms with E-state index in [9.17, 15) is 5.11 Å². The van der Waals surface area contributed by atoms with Gasteiger partial charge in [0, 0.05) is 0 Å². The molecule has 0 saturated heterocycles. The van der Waals surface area contributed by atoms with Crippen molar-refractivity contribution in [3.63, 3.8) is 0 Å². The first-order valence-corrected chi connectivity index (χ1v) is 8.68. The molecular formula is C22H30O3. The molecule has 136 valence electrons. The molecule has 0 unspecified atom stereocenters. The number of aliphatic hydroxyl groups is 1. The number of ether oxygens (including phenoxy) is 2. The highest BCUT2D eigenvalue weighted by atomic mass is 16.5. The summed E-state index contributed by atoms with van der Waals surface area (Å²) in [6.45, 7) is 13.9. The average Bonchev–Trinajstić information content (AvgIpc) is 2.45. The summed E-state index contributed by atoms with van der Waals surface area (Å²) < 4.78 is 11.7. The minimum absolute atomic E-state index is 0.243. The molecule has 0 spiro atoms. The van der Waals surface area contributed by atoms with Crippen LogP contribution in [-0.2, 0) is 5.60 Å². The summed E-state index contributed by atoms with van der Waals surface area (Å²) in [5, 5.41) is 11.0. The van der Waals surface area contributed by atoms with E-state index in [2.05, 4.69) is 0 Å². The van der Waals surface area contributed by atoms with Crippen LogP contribution in [0.5, 0.6) is 11.5 Å². The van der Waals surface area contributed by atoms with Crippen molar-refractivity contribution in [1.29, 1.82) is 0 Å². The minimum atomic E-state index is -1.08. The Morgan fingerprint density at radius 3 is 1.08 bits per heavy atom. The van der Waals surface area contributed by atoms with E-state index < -0.39 is 5.60 Å². The minimum Gasteiger partial charge on any atom is -0.488 e. The Kier molecular flexibility index (Phi) is 5.19. The molecule has 3 nitrogen and oxygen atoms in total. The van der Waals surface area contributed by atoms with Crippen LogP contribution in [0.25, 0.3) is 0 Å². The van der Waals surface area contributed by atoms with Crippen LogP contribution in [0.3, 0.4) is 0 Å². The molecule has 0 heterocycles. The van der Waals surface area contributed by atoms with Gasteiger partial charge in [0.1, 0.15) is 28.3 Å². The summed E-state index contributed by atoms with van der Waals surface area (Å²) in [7, 11) is 0. The highest BCUT2D eigenvalue weighted by Crippen LogP contribution is 2.32. The molecule has 0 atom stereocenters.